The van der Waals surface area contributed by atoms with E-state index in [1.165, 1.54) is 29.2 Å². The van der Waals surface area contributed by atoms with Gasteiger partial charge in [0.15, 0.2) is 0 Å². The second-order valence-corrected chi connectivity index (χ2v) is 7.28. The van der Waals surface area contributed by atoms with Crippen LogP contribution < -0.4 is 10.6 Å². The summed E-state index contributed by atoms with van der Waals surface area (Å²) in [6.07, 6.45) is 1.72. The molecule has 7 heteroatoms. The summed E-state index contributed by atoms with van der Waals surface area (Å²) in [6, 6.07) is 13.6. The average Bonchev–Trinajstić information content (AvgIpc) is 3.06. The number of halogens is 1. The summed E-state index contributed by atoms with van der Waals surface area (Å²) in [4.78, 5) is 29.8. The van der Waals surface area contributed by atoms with E-state index in [0.717, 1.165) is 15.2 Å². The van der Waals surface area contributed by atoms with Gasteiger partial charge >= 0.3 is 0 Å². The number of rotatable bonds is 8. The number of hydrogen-bond acceptors (Lipinski definition) is 4. The first-order valence-electron chi connectivity index (χ1n) is 8.71. The van der Waals surface area contributed by atoms with Crippen LogP contribution in [0.4, 0.5) is 10.1 Å². The van der Waals surface area contributed by atoms with Gasteiger partial charge in [0.2, 0.25) is 11.8 Å². The number of hydrogen-bond donors (Lipinski definition) is 1. The van der Waals surface area contributed by atoms with Crippen LogP contribution in [0.1, 0.15) is 24.3 Å². The van der Waals surface area contributed by atoms with Gasteiger partial charge in [-0.25, -0.2) is 9.37 Å². The molecule has 140 valence electrons. The summed E-state index contributed by atoms with van der Waals surface area (Å²) < 4.78 is 14.3. The van der Waals surface area contributed by atoms with Crippen LogP contribution in [0.5, 0.6) is 0 Å². The minimum Gasteiger partial charge on any atom is -0.370 e. The highest BCUT2D eigenvalue weighted by atomic mass is 32.1. The number of nitrogens with zero attached hydrogens (tertiary/aromatic N) is 2. The second kappa shape index (κ2) is 8.73. The summed E-state index contributed by atoms with van der Waals surface area (Å²) in [5.74, 6) is -0.981. The van der Waals surface area contributed by atoms with Gasteiger partial charge in [0.25, 0.3) is 0 Å². The summed E-state index contributed by atoms with van der Waals surface area (Å²) in [5.41, 5.74) is 6.74. The maximum absolute atomic E-state index is 13.2. The SMILES string of the molecule is NC(=O)CCN(C(=O)CCCc1nc2ccccc2s1)c1ccc(F)cc1. The van der Waals surface area contributed by atoms with Crippen LogP contribution in [0.15, 0.2) is 48.5 Å². The van der Waals surface area contributed by atoms with Crippen molar-refractivity contribution >= 4 is 39.1 Å². The number of fused-ring (bicyclic) bond motifs is 1. The van der Waals surface area contributed by atoms with Gasteiger partial charge in [-0.15, -0.1) is 11.3 Å². The molecule has 0 spiro atoms. The topological polar surface area (TPSA) is 76.3 Å². The van der Waals surface area contributed by atoms with Crippen molar-refractivity contribution in [3.8, 4) is 0 Å². The smallest absolute Gasteiger partial charge is 0.227 e. The number of thiazole rings is 1. The summed E-state index contributed by atoms with van der Waals surface area (Å²) in [6.45, 7) is 0.181. The number of aromatic nitrogens is 1. The van der Waals surface area contributed by atoms with E-state index in [4.69, 9.17) is 5.73 Å². The molecule has 0 saturated heterocycles. The molecule has 0 aliphatic rings. The van der Waals surface area contributed by atoms with Crippen LogP contribution >= 0.6 is 11.3 Å². The Kier molecular flexibility index (Phi) is 6.13. The lowest BCUT2D eigenvalue weighted by atomic mass is 10.2. The first-order chi connectivity index (χ1) is 13.0. The van der Waals surface area contributed by atoms with Crippen molar-refractivity contribution in [3.63, 3.8) is 0 Å². The number of aryl methyl sites for hydroxylation is 1. The molecule has 1 aromatic heterocycles. The number of para-hydroxylation sites is 1. The number of nitrogens with two attached hydrogens (primary N) is 1. The van der Waals surface area contributed by atoms with Gasteiger partial charge < -0.3 is 10.6 Å². The molecule has 0 atom stereocenters. The Bertz CT molecular complexity index is 907. The van der Waals surface area contributed by atoms with Gasteiger partial charge in [0, 0.05) is 25.1 Å². The van der Waals surface area contributed by atoms with Crippen molar-refractivity contribution in [2.75, 3.05) is 11.4 Å². The molecule has 0 fully saturated rings. The number of anilines is 1. The quantitative estimate of drug-likeness (QED) is 0.643. The molecule has 2 N–H and O–H groups in total. The summed E-state index contributed by atoms with van der Waals surface area (Å²) >= 11 is 1.63. The third-order valence-electron chi connectivity index (χ3n) is 4.14. The Labute approximate surface area is 160 Å². The fraction of sp³-hybridized carbons (Fsp3) is 0.250. The maximum atomic E-state index is 13.2. The second-order valence-electron chi connectivity index (χ2n) is 6.17. The van der Waals surface area contributed by atoms with Gasteiger partial charge in [0.1, 0.15) is 5.82 Å². The van der Waals surface area contributed by atoms with E-state index in [-0.39, 0.29) is 24.7 Å². The van der Waals surface area contributed by atoms with Crippen molar-refractivity contribution in [1.82, 2.24) is 4.98 Å². The number of benzene rings is 2. The Morgan fingerprint density at radius 1 is 1.07 bits per heavy atom. The summed E-state index contributed by atoms with van der Waals surface area (Å²) in [7, 11) is 0. The highest BCUT2D eigenvalue weighted by molar-refractivity contribution is 7.18. The molecule has 5 nitrogen and oxygen atoms in total. The largest absolute Gasteiger partial charge is 0.370 e. The van der Waals surface area contributed by atoms with E-state index in [1.807, 2.05) is 24.3 Å². The van der Waals surface area contributed by atoms with Gasteiger partial charge in [-0.1, -0.05) is 12.1 Å². The lowest BCUT2D eigenvalue weighted by Gasteiger charge is -2.22. The minimum absolute atomic E-state index is 0.0565. The highest BCUT2D eigenvalue weighted by Gasteiger charge is 2.17. The van der Waals surface area contributed by atoms with E-state index in [2.05, 4.69) is 4.98 Å². The molecular formula is C20H20FN3O2S. The van der Waals surface area contributed by atoms with Gasteiger partial charge in [0.05, 0.1) is 15.2 Å². The first-order valence-corrected chi connectivity index (χ1v) is 9.53. The molecule has 2 aromatic carbocycles. The number of carbonyl (C=O) groups is 2. The monoisotopic (exact) mass is 385 g/mol. The minimum atomic E-state index is -0.482. The molecule has 0 aliphatic carbocycles. The van der Waals surface area contributed by atoms with Crippen LogP contribution in [0.3, 0.4) is 0 Å². The zero-order chi connectivity index (χ0) is 19.2. The van der Waals surface area contributed by atoms with Crippen LogP contribution in [0.25, 0.3) is 10.2 Å². The molecule has 0 bridgehead atoms. The standard InChI is InChI=1S/C20H20FN3O2S/c21-14-8-10-15(11-9-14)24(13-12-18(22)25)20(26)7-3-6-19-23-16-4-1-2-5-17(16)27-19/h1-2,4-5,8-11H,3,6-7,12-13H2,(H2,22,25). The van der Waals surface area contributed by atoms with Crippen LogP contribution in [0, 0.1) is 5.82 Å². The van der Waals surface area contributed by atoms with Crippen LogP contribution in [-0.2, 0) is 16.0 Å². The zero-order valence-corrected chi connectivity index (χ0v) is 15.5. The molecule has 27 heavy (non-hydrogen) atoms. The Hall–Kier alpha value is -2.80. The molecule has 0 aliphatic heterocycles. The Morgan fingerprint density at radius 2 is 1.81 bits per heavy atom. The van der Waals surface area contributed by atoms with Crippen molar-refractivity contribution < 1.29 is 14.0 Å². The first kappa shape index (κ1) is 19.0. The van der Waals surface area contributed by atoms with Gasteiger partial charge in [-0.2, -0.15) is 0 Å². The predicted octanol–water partition coefficient (Wildman–Crippen LogP) is 3.67. The van der Waals surface area contributed by atoms with Crippen molar-refractivity contribution in [1.29, 1.82) is 0 Å². The molecule has 3 rings (SSSR count). The predicted molar refractivity (Wildman–Crippen MR) is 105 cm³/mol. The van der Waals surface area contributed by atoms with Gasteiger partial charge in [-0.05, 0) is 49.2 Å². The fourth-order valence-corrected chi connectivity index (χ4v) is 3.80. The third kappa shape index (κ3) is 5.10. The van der Waals surface area contributed by atoms with Gasteiger partial charge in [-0.3, -0.25) is 9.59 Å². The van der Waals surface area contributed by atoms with E-state index >= 15 is 0 Å². The molecular weight excluding hydrogens is 365 g/mol. The van der Waals surface area contributed by atoms with Crippen LogP contribution in [0.2, 0.25) is 0 Å². The third-order valence-corrected chi connectivity index (χ3v) is 5.24. The van der Waals surface area contributed by atoms with E-state index in [9.17, 15) is 14.0 Å². The number of amides is 2. The zero-order valence-electron chi connectivity index (χ0n) is 14.7. The molecule has 0 saturated carbocycles. The normalized spacial score (nSPS) is 10.9. The number of carbonyl (C=O) groups excluding carboxylic acids is 2. The molecule has 0 unspecified atom stereocenters. The average molecular weight is 385 g/mol. The van der Waals surface area contributed by atoms with Crippen molar-refractivity contribution in [2.45, 2.75) is 25.7 Å². The molecule has 3 aromatic rings. The maximum Gasteiger partial charge on any atom is 0.227 e. The van der Waals surface area contributed by atoms with E-state index in [0.29, 0.717) is 24.9 Å². The lowest BCUT2D eigenvalue weighted by molar-refractivity contribution is -0.119. The Balaban J connectivity index is 1.62. The highest BCUT2D eigenvalue weighted by Crippen LogP contribution is 2.23. The van der Waals surface area contributed by atoms with Crippen LogP contribution in [-0.4, -0.2) is 23.3 Å². The fourth-order valence-electron chi connectivity index (χ4n) is 2.79. The van der Waals surface area contributed by atoms with Crippen molar-refractivity contribution in [2.24, 2.45) is 5.73 Å². The molecule has 0 radical (unpaired) electrons. The molecule has 2 amide bonds. The van der Waals surface area contributed by atoms with Crippen molar-refractivity contribution in [3.05, 3.63) is 59.4 Å². The Morgan fingerprint density at radius 3 is 2.52 bits per heavy atom. The van der Waals surface area contributed by atoms with E-state index in [1.54, 1.807) is 11.3 Å². The summed E-state index contributed by atoms with van der Waals surface area (Å²) in [5, 5.41) is 0.995. The molecule has 1 heterocycles. The lowest BCUT2D eigenvalue weighted by Crippen LogP contribution is -2.34. The number of primary amides is 1. The van der Waals surface area contributed by atoms with E-state index < -0.39 is 5.91 Å².